The topological polar surface area (TPSA) is 250 Å². The number of rotatable bonds is 41. The SMILES string of the molecule is C=C(NCc1cn(CCOCCOCCOCCOCCOCCC(C)(C)C)nn1)OCc1ccc(NC(=O)[C@H](CCCNC(N)=O)CC(=O)[C@@H](NC(=O)CON=C(CSC(C)(C)C)CSC(C)(C)C)C(C)C)cc1. The molecule has 75 heavy (non-hydrogen) atoms. The van der Waals surface area contributed by atoms with Crippen molar-refractivity contribution in [1.82, 2.24) is 30.9 Å². The lowest BCUT2D eigenvalue weighted by atomic mass is 9.89. The Bertz CT molecular complexity index is 1970. The largest absolute Gasteiger partial charge is 0.475 e. The molecule has 426 valence electrons. The number of hydrogen-bond donors (Lipinski definition) is 5. The monoisotopic (exact) mass is 1090 g/mol. The number of urea groups is 1. The number of anilines is 1. The van der Waals surface area contributed by atoms with E-state index < -0.39 is 23.9 Å². The number of oxime groups is 1. The summed E-state index contributed by atoms with van der Waals surface area (Å²) in [5.41, 5.74) is 8.39. The van der Waals surface area contributed by atoms with Crippen LogP contribution in [-0.4, -0.2) is 151 Å². The molecule has 0 aliphatic carbocycles. The van der Waals surface area contributed by atoms with E-state index in [1.54, 1.807) is 40.3 Å². The molecule has 0 spiro atoms. The lowest BCUT2D eigenvalue weighted by molar-refractivity contribution is -0.133. The molecule has 0 saturated heterocycles. The molecule has 4 amide bonds. The van der Waals surface area contributed by atoms with Crippen molar-refractivity contribution in [1.29, 1.82) is 0 Å². The third-order valence-corrected chi connectivity index (χ3v) is 13.2. The molecule has 0 bridgehead atoms. The minimum atomic E-state index is -0.870. The molecule has 0 unspecified atom stereocenters. The first kappa shape index (κ1) is 66.7. The van der Waals surface area contributed by atoms with Crippen LogP contribution in [0.1, 0.15) is 113 Å². The highest BCUT2D eigenvalue weighted by Gasteiger charge is 2.30. The van der Waals surface area contributed by atoms with Gasteiger partial charge in [-0.2, -0.15) is 0 Å². The van der Waals surface area contributed by atoms with E-state index in [1.165, 1.54) is 0 Å². The molecule has 1 aromatic carbocycles. The Morgan fingerprint density at radius 2 is 1.35 bits per heavy atom. The fourth-order valence-corrected chi connectivity index (χ4v) is 7.99. The number of Topliss-reactive ketones (excluding diaryl/α,β-unsaturated/α-hetero) is 1. The first-order chi connectivity index (χ1) is 35.4. The van der Waals surface area contributed by atoms with Gasteiger partial charge in [-0.25, -0.2) is 9.48 Å². The van der Waals surface area contributed by atoms with Gasteiger partial charge in [0.2, 0.25) is 5.91 Å². The van der Waals surface area contributed by atoms with Gasteiger partial charge in [0.25, 0.3) is 5.91 Å². The summed E-state index contributed by atoms with van der Waals surface area (Å²) in [6, 6.07) is 5.56. The standard InChI is InChI=1S/C53H91N9O11S2/c1-39(2)48(58-47(64)36-73-60-45(37-74-52(7,8)9)38-75-53(10,11)12)46(63)32-42(14-13-20-55-50(54)66)49(65)57-43-17-15-41(16-18-43)35-72-40(3)56-33-44-34-62(61-59-44)21-23-68-25-27-70-29-31-71-30-28-69-26-24-67-22-19-51(4,5)6/h15-18,34,39,42,48,56H,3,13-14,19-33,35-38H2,1-2,4-12H3,(H,57,65)(H,58,64)(H3,54,55,66)/t42-,48+/m1/s1. The van der Waals surface area contributed by atoms with Crippen molar-refractivity contribution in [2.75, 3.05) is 96.0 Å². The summed E-state index contributed by atoms with van der Waals surface area (Å²) in [5, 5.41) is 24.0. The van der Waals surface area contributed by atoms with Crippen LogP contribution in [0.25, 0.3) is 0 Å². The number of benzene rings is 1. The Kier molecular flexibility index (Phi) is 32.5. The predicted molar refractivity (Wildman–Crippen MR) is 299 cm³/mol. The minimum absolute atomic E-state index is 0.0270. The number of aromatic nitrogens is 3. The number of carbonyl (C=O) groups is 4. The third kappa shape index (κ3) is 35.5. The van der Waals surface area contributed by atoms with Crippen LogP contribution in [0, 0.1) is 17.3 Å². The lowest BCUT2D eigenvalue weighted by Crippen LogP contribution is -2.46. The van der Waals surface area contributed by atoms with Crippen molar-refractivity contribution in [3.8, 4) is 0 Å². The summed E-state index contributed by atoms with van der Waals surface area (Å²) in [6.45, 7) is 33.2. The summed E-state index contributed by atoms with van der Waals surface area (Å²) < 4.78 is 35.5. The highest BCUT2D eigenvalue weighted by atomic mass is 32.2. The van der Waals surface area contributed by atoms with Gasteiger partial charge in [0.1, 0.15) is 12.3 Å². The molecule has 20 nitrogen and oxygen atoms in total. The van der Waals surface area contributed by atoms with Crippen molar-refractivity contribution >= 4 is 58.6 Å². The van der Waals surface area contributed by atoms with Crippen LogP contribution in [0.3, 0.4) is 0 Å². The van der Waals surface area contributed by atoms with E-state index in [0.717, 1.165) is 24.3 Å². The van der Waals surface area contributed by atoms with Crippen LogP contribution >= 0.6 is 23.5 Å². The second kappa shape index (κ2) is 36.6. The number of amides is 4. The number of ketones is 1. The quantitative estimate of drug-likeness (QED) is 0.0193. The van der Waals surface area contributed by atoms with Crippen molar-refractivity contribution in [2.24, 2.45) is 28.1 Å². The second-order valence-corrected chi connectivity index (χ2v) is 25.0. The number of nitrogens with two attached hydrogens (primary N) is 1. The number of nitrogens with zero attached hydrogens (tertiary/aromatic N) is 4. The first-order valence-electron chi connectivity index (χ1n) is 25.9. The molecule has 2 atom stereocenters. The predicted octanol–water partition coefficient (Wildman–Crippen LogP) is 7.11. The molecule has 2 aromatic rings. The van der Waals surface area contributed by atoms with E-state index in [-0.39, 0.29) is 65.1 Å². The molecule has 1 heterocycles. The van der Waals surface area contributed by atoms with Gasteiger partial charge >= 0.3 is 6.03 Å². The van der Waals surface area contributed by atoms with Gasteiger partial charge in [0, 0.05) is 52.2 Å². The zero-order valence-corrected chi connectivity index (χ0v) is 48.5. The van der Waals surface area contributed by atoms with E-state index in [4.69, 9.17) is 39.0 Å². The lowest BCUT2D eigenvalue weighted by Gasteiger charge is -2.24. The van der Waals surface area contributed by atoms with Crippen LogP contribution in [-0.2, 0) is 67.3 Å². The van der Waals surface area contributed by atoms with Gasteiger partial charge in [-0.15, -0.1) is 28.6 Å². The molecule has 0 aliphatic heterocycles. The average Bonchev–Trinajstić information content (AvgIpc) is 3.78. The van der Waals surface area contributed by atoms with Gasteiger partial charge in [-0.3, -0.25) is 14.4 Å². The van der Waals surface area contributed by atoms with Gasteiger partial charge in [0.15, 0.2) is 18.3 Å². The Morgan fingerprint density at radius 1 is 0.787 bits per heavy atom. The number of nitrogens with one attached hydrogen (secondary N) is 4. The maximum atomic E-state index is 13.8. The minimum Gasteiger partial charge on any atom is -0.475 e. The normalized spacial score (nSPS) is 12.7. The smallest absolute Gasteiger partial charge is 0.312 e. The number of thioether (sulfide) groups is 2. The van der Waals surface area contributed by atoms with Crippen LogP contribution in [0.2, 0.25) is 0 Å². The van der Waals surface area contributed by atoms with Gasteiger partial charge in [-0.05, 0) is 54.9 Å². The summed E-state index contributed by atoms with van der Waals surface area (Å²) >= 11 is 3.49. The van der Waals surface area contributed by atoms with E-state index >= 15 is 0 Å². The molecule has 2 rings (SSSR count). The Hall–Kier alpha value is -4.45. The van der Waals surface area contributed by atoms with Crippen molar-refractivity contribution in [2.45, 2.75) is 137 Å². The Balaban J connectivity index is 1.76. The highest BCUT2D eigenvalue weighted by molar-refractivity contribution is 8.02. The Labute approximate surface area is 455 Å². The van der Waals surface area contributed by atoms with Crippen LogP contribution in [0.5, 0.6) is 0 Å². The van der Waals surface area contributed by atoms with Crippen LogP contribution in [0.4, 0.5) is 10.5 Å². The number of ether oxygens (including phenoxy) is 6. The third-order valence-electron chi connectivity index (χ3n) is 10.5. The van der Waals surface area contributed by atoms with Crippen LogP contribution < -0.4 is 27.0 Å². The zero-order chi connectivity index (χ0) is 55.7. The van der Waals surface area contributed by atoms with Crippen molar-refractivity contribution < 1.29 is 52.4 Å². The van der Waals surface area contributed by atoms with Crippen molar-refractivity contribution in [3.63, 3.8) is 0 Å². The Morgan fingerprint density at radius 3 is 1.88 bits per heavy atom. The fraction of sp³-hybridized carbons (Fsp3) is 0.717. The molecule has 0 aliphatic rings. The zero-order valence-electron chi connectivity index (χ0n) is 46.8. The second-order valence-electron chi connectivity index (χ2n) is 21.4. The van der Waals surface area contributed by atoms with E-state index in [0.29, 0.717) is 108 Å². The number of carbonyl (C=O) groups excluding carboxylic acids is 4. The number of hydrogen-bond acceptors (Lipinski definition) is 17. The average molecular weight is 1090 g/mol. The summed E-state index contributed by atoms with van der Waals surface area (Å²) in [7, 11) is 0. The van der Waals surface area contributed by atoms with Gasteiger partial charge in [-0.1, -0.05) is 98.7 Å². The maximum absolute atomic E-state index is 13.8. The molecular weight excluding hydrogens is 1000 g/mol. The summed E-state index contributed by atoms with van der Waals surface area (Å²) in [5.74, 6) is -0.550. The first-order valence-corrected chi connectivity index (χ1v) is 27.9. The molecule has 6 N–H and O–H groups in total. The van der Waals surface area contributed by atoms with E-state index in [2.05, 4.69) is 106 Å². The molecule has 22 heteroatoms. The molecule has 0 radical (unpaired) electrons. The molecule has 1 aromatic heterocycles. The van der Waals surface area contributed by atoms with E-state index in [9.17, 15) is 19.2 Å². The molecule has 0 fully saturated rings. The maximum Gasteiger partial charge on any atom is 0.312 e. The van der Waals surface area contributed by atoms with Crippen LogP contribution in [0.15, 0.2) is 48.1 Å². The molecule has 0 saturated carbocycles. The van der Waals surface area contributed by atoms with E-state index in [1.807, 2.05) is 32.2 Å². The fourth-order valence-electron chi connectivity index (χ4n) is 6.35. The molecular formula is C53H91N9O11S2. The summed E-state index contributed by atoms with van der Waals surface area (Å²) in [6.07, 6.45) is 3.37. The van der Waals surface area contributed by atoms with Gasteiger partial charge < -0.3 is 60.3 Å². The summed E-state index contributed by atoms with van der Waals surface area (Å²) in [4.78, 5) is 57.5. The number of primary amides is 1. The van der Waals surface area contributed by atoms with Crippen molar-refractivity contribution in [3.05, 3.63) is 54.2 Å². The highest BCUT2D eigenvalue weighted by Crippen LogP contribution is 2.27. The van der Waals surface area contributed by atoms with Gasteiger partial charge in [0.05, 0.1) is 90.5 Å².